The van der Waals surface area contributed by atoms with Crippen LogP contribution in [0, 0.1) is 6.92 Å². The summed E-state index contributed by atoms with van der Waals surface area (Å²) in [4.78, 5) is 21.7. The van der Waals surface area contributed by atoms with Crippen LogP contribution in [0.4, 0.5) is 0 Å². The predicted molar refractivity (Wildman–Crippen MR) is 53.2 cm³/mol. The van der Waals surface area contributed by atoms with Crippen LogP contribution in [-0.4, -0.2) is 11.6 Å². The van der Waals surface area contributed by atoms with Gasteiger partial charge in [0.25, 0.3) is 0 Å². The molecule has 0 fully saturated rings. The molecule has 0 aliphatic heterocycles. The minimum absolute atomic E-state index is 0.0336. The molecule has 0 atom stereocenters. The summed E-state index contributed by atoms with van der Waals surface area (Å²) >= 11 is 0. The van der Waals surface area contributed by atoms with Gasteiger partial charge in [-0.3, -0.25) is 9.59 Å². The molecule has 0 radical (unpaired) electrons. The van der Waals surface area contributed by atoms with E-state index in [4.69, 9.17) is 4.42 Å². The lowest BCUT2D eigenvalue weighted by Gasteiger charge is -1.86. The molecule has 14 heavy (non-hydrogen) atoms. The highest BCUT2D eigenvalue weighted by atomic mass is 16.3. The number of hydrogen-bond donors (Lipinski definition) is 0. The van der Waals surface area contributed by atoms with Crippen molar-refractivity contribution in [1.29, 1.82) is 0 Å². The van der Waals surface area contributed by atoms with E-state index in [1.807, 2.05) is 0 Å². The lowest BCUT2D eigenvalue weighted by molar-refractivity contribution is -0.112. The number of carbonyl (C=O) groups excluding carboxylic acids is 2. The third kappa shape index (κ3) is 2.42. The molecule has 1 aromatic rings. The minimum Gasteiger partial charge on any atom is -0.461 e. The Balaban J connectivity index is 2.97. The summed E-state index contributed by atoms with van der Waals surface area (Å²) in [5.41, 5.74) is 0.563. The van der Waals surface area contributed by atoms with Crippen LogP contribution in [0.15, 0.2) is 16.6 Å². The van der Waals surface area contributed by atoms with E-state index in [9.17, 15) is 9.59 Å². The van der Waals surface area contributed by atoms with Gasteiger partial charge in [0.15, 0.2) is 11.6 Å². The Hall–Kier alpha value is -1.64. The van der Waals surface area contributed by atoms with Crippen LogP contribution in [0.2, 0.25) is 0 Å². The SMILES string of the molecule is CC(=O)/C=C/c1cc(C(C)=O)c(C)o1. The molecular weight excluding hydrogens is 180 g/mol. The van der Waals surface area contributed by atoms with Gasteiger partial charge in [-0.15, -0.1) is 0 Å². The molecule has 74 valence electrons. The molecule has 0 unspecified atom stereocenters. The molecule has 0 aliphatic carbocycles. The highest BCUT2D eigenvalue weighted by Crippen LogP contribution is 2.16. The summed E-state index contributed by atoms with van der Waals surface area (Å²) in [6.07, 6.45) is 2.96. The maximum Gasteiger partial charge on any atom is 0.163 e. The van der Waals surface area contributed by atoms with Crippen molar-refractivity contribution in [1.82, 2.24) is 0 Å². The largest absolute Gasteiger partial charge is 0.461 e. The van der Waals surface area contributed by atoms with E-state index in [-0.39, 0.29) is 11.6 Å². The molecular formula is C11H12O3. The highest BCUT2D eigenvalue weighted by Gasteiger charge is 2.09. The quantitative estimate of drug-likeness (QED) is 0.545. The number of hydrogen-bond acceptors (Lipinski definition) is 3. The van der Waals surface area contributed by atoms with E-state index in [1.54, 1.807) is 19.1 Å². The molecule has 0 amide bonds. The van der Waals surface area contributed by atoms with Crippen LogP contribution in [0.5, 0.6) is 0 Å². The second kappa shape index (κ2) is 4.05. The Morgan fingerprint density at radius 1 is 1.36 bits per heavy atom. The molecule has 3 nitrogen and oxygen atoms in total. The van der Waals surface area contributed by atoms with Gasteiger partial charge in [-0.1, -0.05) is 0 Å². The first kappa shape index (κ1) is 10.4. The number of furan rings is 1. The lowest BCUT2D eigenvalue weighted by Crippen LogP contribution is -1.90. The predicted octanol–water partition coefficient (Wildman–Crippen LogP) is 2.39. The molecule has 1 aromatic heterocycles. The normalized spacial score (nSPS) is 10.8. The van der Waals surface area contributed by atoms with Crippen molar-refractivity contribution in [3.8, 4) is 0 Å². The summed E-state index contributed by atoms with van der Waals surface area (Å²) < 4.78 is 5.27. The monoisotopic (exact) mass is 192 g/mol. The van der Waals surface area contributed by atoms with E-state index < -0.39 is 0 Å². The Morgan fingerprint density at radius 3 is 2.43 bits per heavy atom. The zero-order valence-corrected chi connectivity index (χ0v) is 8.46. The Labute approximate surface area is 82.4 Å². The molecule has 0 N–H and O–H groups in total. The van der Waals surface area contributed by atoms with Crippen molar-refractivity contribution in [2.75, 3.05) is 0 Å². The van der Waals surface area contributed by atoms with E-state index in [0.717, 1.165) is 0 Å². The van der Waals surface area contributed by atoms with Gasteiger partial charge in [0.05, 0.1) is 5.56 Å². The van der Waals surface area contributed by atoms with Gasteiger partial charge in [0.1, 0.15) is 11.5 Å². The fourth-order valence-electron chi connectivity index (χ4n) is 1.14. The number of carbonyl (C=O) groups is 2. The molecule has 0 bridgehead atoms. The zero-order valence-electron chi connectivity index (χ0n) is 8.46. The Bertz CT molecular complexity index is 397. The summed E-state index contributed by atoms with van der Waals surface area (Å²) in [5, 5.41) is 0. The molecule has 0 aliphatic rings. The fourth-order valence-corrected chi connectivity index (χ4v) is 1.14. The molecule has 0 saturated carbocycles. The molecule has 1 heterocycles. The second-order valence-corrected chi connectivity index (χ2v) is 3.12. The van der Waals surface area contributed by atoms with Crippen LogP contribution >= 0.6 is 0 Å². The lowest BCUT2D eigenvalue weighted by atomic mass is 10.2. The Kier molecular flexibility index (Phi) is 3.02. The van der Waals surface area contributed by atoms with Gasteiger partial charge in [0.2, 0.25) is 0 Å². The van der Waals surface area contributed by atoms with E-state index in [0.29, 0.717) is 17.1 Å². The molecule has 0 saturated heterocycles. The maximum atomic E-state index is 11.1. The third-order valence-corrected chi connectivity index (χ3v) is 1.80. The molecule has 0 spiro atoms. The van der Waals surface area contributed by atoms with Gasteiger partial charge in [0, 0.05) is 0 Å². The molecule has 0 aromatic carbocycles. The maximum absolute atomic E-state index is 11.1. The second-order valence-electron chi connectivity index (χ2n) is 3.12. The Morgan fingerprint density at radius 2 is 2.00 bits per heavy atom. The van der Waals surface area contributed by atoms with E-state index >= 15 is 0 Å². The first-order valence-corrected chi connectivity index (χ1v) is 4.30. The number of aryl methyl sites for hydroxylation is 1. The summed E-state index contributed by atoms with van der Waals surface area (Å²) in [7, 11) is 0. The average molecular weight is 192 g/mol. The molecule has 3 heteroatoms. The summed E-state index contributed by atoms with van der Waals surface area (Å²) in [6.45, 7) is 4.66. The van der Waals surface area contributed by atoms with E-state index in [1.165, 1.54) is 19.9 Å². The average Bonchev–Trinajstić information content (AvgIpc) is 2.43. The topological polar surface area (TPSA) is 47.3 Å². The standard InChI is InChI=1S/C11H12O3/c1-7(12)4-5-10-6-11(8(2)13)9(3)14-10/h4-6H,1-3H3/b5-4+. The smallest absolute Gasteiger partial charge is 0.163 e. The van der Waals surface area contributed by atoms with E-state index in [2.05, 4.69) is 0 Å². The molecule has 1 rings (SSSR count). The first-order chi connectivity index (χ1) is 6.50. The van der Waals surface area contributed by atoms with Gasteiger partial charge in [-0.2, -0.15) is 0 Å². The van der Waals surface area contributed by atoms with Gasteiger partial charge >= 0.3 is 0 Å². The van der Waals surface area contributed by atoms with Gasteiger partial charge in [-0.05, 0) is 39.0 Å². The summed E-state index contributed by atoms with van der Waals surface area (Å²) in [5.74, 6) is 1.03. The van der Waals surface area contributed by atoms with Crippen LogP contribution in [0.1, 0.15) is 35.7 Å². The van der Waals surface area contributed by atoms with Crippen molar-refractivity contribution in [3.05, 3.63) is 29.2 Å². The first-order valence-electron chi connectivity index (χ1n) is 4.30. The minimum atomic E-state index is -0.0524. The van der Waals surface area contributed by atoms with Gasteiger partial charge < -0.3 is 4.42 Å². The van der Waals surface area contributed by atoms with Crippen LogP contribution in [-0.2, 0) is 4.79 Å². The van der Waals surface area contributed by atoms with Gasteiger partial charge in [-0.25, -0.2) is 0 Å². The number of allylic oxidation sites excluding steroid dienone is 1. The fraction of sp³-hybridized carbons (Fsp3) is 0.273. The van der Waals surface area contributed by atoms with Crippen molar-refractivity contribution in [3.63, 3.8) is 0 Å². The van der Waals surface area contributed by atoms with Crippen LogP contribution in [0.3, 0.4) is 0 Å². The van der Waals surface area contributed by atoms with Crippen molar-refractivity contribution in [2.24, 2.45) is 0 Å². The summed E-state index contributed by atoms with van der Waals surface area (Å²) in [6, 6.07) is 1.64. The third-order valence-electron chi connectivity index (χ3n) is 1.80. The van der Waals surface area contributed by atoms with Crippen LogP contribution in [0.25, 0.3) is 6.08 Å². The zero-order chi connectivity index (χ0) is 10.7. The number of Topliss-reactive ketones (excluding diaryl/α,β-unsaturated/α-hetero) is 1. The number of rotatable bonds is 3. The van der Waals surface area contributed by atoms with Crippen molar-refractivity contribution < 1.29 is 14.0 Å². The van der Waals surface area contributed by atoms with Crippen molar-refractivity contribution in [2.45, 2.75) is 20.8 Å². The highest BCUT2D eigenvalue weighted by molar-refractivity contribution is 5.96. The van der Waals surface area contributed by atoms with Crippen molar-refractivity contribution >= 4 is 17.6 Å². The number of ketones is 2. The van der Waals surface area contributed by atoms with Crippen LogP contribution < -0.4 is 0 Å².